The van der Waals surface area contributed by atoms with Gasteiger partial charge in [0.25, 0.3) is 0 Å². The van der Waals surface area contributed by atoms with Crippen LogP contribution < -0.4 is 0 Å². The van der Waals surface area contributed by atoms with Crippen LogP contribution in [-0.2, 0) is 0 Å². The van der Waals surface area contributed by atoms with Crippen molar-refractivity contribution in [3.63, 3.8) is 0 Å². The van der Waals surface area contributed by atoms with Gasteiger partial charge in [-0.15, -0.1) is 0 Å². The molecule has 0 heterocycles. The second-order valence-corrected chi connectivity index (χ2v) is 7.27. The van der Waals surface area contributed by atoms with Crippen molar-refractivity contribution >= 4 is 11.1 Å². The van der Waals surface area contributed by atoms with Crippen LogP contribution in [0.4, 0.5) is 0 Å². The van der Waals surface area contributed by atoms with Gasteiger partial charge in [0, 0.05) is 5.41 Å². The van der Waals surface area contributed by atoms with Gasteiger partial charge in [0.1, 0.15) is 0 Å². The molecular weight excluding hydrogens is 264 g/mol. The quantitative estimate of drug-likeness (QED) is 0.637. The highest BCUT2D eigenvalue weighted by molar-refractivity contribution is 5.77. The van der Waals surface area contributed by atoms with Crippen molar-refractivity contribution in [1.82, 2.24) is 0 Å². The zero-order valence-electron chi connectivity index (χ0n) is 13.3. The first-order valence-corrected chi connectivity index (χ1v) is 8.14. The lowest BCUT2D eigenvalue weighted by Crippen LogP contribution is -2.26. The van der Waals surface area contributed by atoms with Gasteiger partial charge in [0.15, 0.2) is 0 Å². The molecule has 110 valence electrons. The van der Waals surface area contributed by atoms with Crippen LogP contribution >= 0.6 is 0 Å². The summed E-state index contributed by atoms with van der Waals surface area (Å²) < 4.78 is 0. The maximum atomic E-state index is 2.51. The standard InChI is InChI=1S/C22H22/c1-21-13-19(17-9-5-3-6-10-17)15-22(21,2)16-20(14-21)18-11-7-4-8-12-18/h3-14H,15-16H2,1-2H3. The SMILES string of the molecule is CC12C=C(c3ccccc3)CC1(C)CC(c1ccccc1)=C2. The Bertz CT molecular complexity index is 688. The molecule has 0 saturated carbocycles. The number of benzene rings is 2. The van der Waals surface area contributed by atoms with E-state index >= 15 is 0 Å². The molecule has 2 aliphatic carbocycles. The summed E-state index contributed by atoms with van der Waals surface area (Å²) in [6, 6.07) is 21.7. The molecule has 0 aromatic heterocycles. The van der Waals surface area contributed by atoms with Crippen LogP contribution in [0.3, 0.4) is 0 Å². The zero-order valence-corrected chi connectivity index (χ0v) is 13.3. The molecule has 2 aliphatic rings. The van der Waals surface area contributed by atoms with Crippen molar-refractivity contribution in [3.8, 4) is 0 Å². The molecule has 0 nitrogen and oxygen atoms in total. The largest absolute Gasteiger partial charge is 0.0704 e. The van der Waals surface area contributed by atoms with E-state index in [9.17, 15) is 0 Å². The average molecular weight is 286 g/mol. The molecule has 0 aliphatic heterocycles. The van der Waals surface area contributed by atoms with Crippen molar-refractivity contribution in [1.29, 1.82) is 0 Å². The Hall–Kier alpha value is -2.08. The second-order valence-electron chi connectivity index (χ2n) is 7.27. The minimum absolute atomic E-state index is 0.170. The molecular formula is C22H22. The highest BCUT2D eigenvalue weighted by Gasteiger charge is 2.50. The topological polar surface area (TPSA) is 0 Å². The molecule has 22 heavy (non-hydrogen) atoms. The van der Waals surface area contributed by atoms with E-state index in [0.29, 0.717) is 5.41 Å². The number of fused-ring (bicyclic) bond motifs is 1. The van der Waals surface area contributed by atoms with E-state index in [1.54, 1.807) is 0 Å². The van der Waals surface area contributed by atoms with E-state index in [-0.39, 0.29) is 5.41 Å². The normalized spacial score (nSPS) is 29.9. The van der Waals surface area contributed by atoms with Gasteiger partial charge < -0.3 is 0 Å². The molecule has 0 amide bonds. The van der Waals surface area contributed by atoms with Crippen molar-refractivity contribution in [2.45, 2.75) is 26.7 Å². The van der Waals surface area contributed by atoms with Crippen LogP contribution in [0.25, 0.3) is 11.1 Å². The molecule has 0 spiro atoms. The maximum absolute atomic E-state index is 2.51. The Kier molecular flexibility index (Phi) is 2.91. The Morgan fingerprint density at radius 3 is 1.41 bits per heavy atom. The fourth-order valence-corrected chi connectivity index (χ4v) is 4.18. The fraction of sp³-hybridized carbons (Fsp3) is 0.273. The molecule has 0 saturated heterocycles. The molecule has 0 unspecified atom stereocenters. The lowest BCUT2D eigenvalue weighted by atomic mass is 9.70. The van der Waals surface area contributed by atoms with Gasteiger partial charge in [0.05, 0.1) is 0 Å². The second kappa shape index (κ2) is 4.71. The van der Waals surface area contributed by atoms with Gasteiger partial charge in [-0.05, 0) is 40.5 Å². The third kappa shape index (κ3) is 1.98. The molecule has 0 N–H and O–H groups in total. The Balaban J connectivity index is 1.74. The van der Waals surface area contributed by atoms with Crippen LogP contribution in [0, 0.1) is 10.8 Å². The van der Waals surface area contributed by atoms with Gasteiger partial charge in [-0.25, -0.2) is 0 Å². The minimum atomic E-state index is 0.170. The van der Waals surface area contributed by atoms with Crippen LogP contribution in [0.5, 0.6) is 0 Å². The third-order valence-corrected chi connectivity index (χ3v) is 5.70. The molecule has 2 aromatic carbocycles. The average Bonchev–Trinajstić information content (AvgIpc) is 2.94. The highest BCUT2D eigenvalue weighted by atomic mass is 14.5. The van der Waals surface area contributed by atoms with E-state index in [0.717, 1.165) is 0 Å². The molecule has 4 rings (SSSR count). The summed E-state index contributed by atoms with van der Waals surface area (Å²) in [7, 11) is 0. The summed E-state index contributed by atoms with van der Waals surface area (Å²) in [6.07, 6.45) is 7.36. The maximum Gasteiger partial charge on any atom is 0.0105 e. The minimum Gasteiger partial charge on any atom is -0.0704 e. The monoisotopic (exact) mass is 286 g/mol. The predicted molar refractivity (Wildman–Crippen MR) is 94.3 cm³/mol. The Morgan fingerprint density at radius 2 is 1.05 bits per heavy atom. The molecule has 0 fully saturated rings. The summed E-state index contributed by atoms with van der Waals surface area (Å²) in [5.41, 5.74) is 6.26. The van der Waals surface area contributed by atoms with E-state index in [1.165, 1.54) is 35.1 Å². The lowest BCUT2D eigenvalue weighted by molar-refractivity contribution is 0.221. The highest BCUT2D eigenvalue weighted by Crippen LogP contribution is 2.62. The fourth-order valence-electron chi connectivity index (χ4n) is 4.18. The van der Waals surface area contributed by atoms with E-state index in [2.05, 4.69) is 86.7 Å². The summed E-state index contributed by atoms with van der Waals surface area (Å²) in [5.74, 6) is 0. The van der Waals surface area contributed by atoms with E-state index in [4.69, 9.17) is 0 Å². The van der Waals surface area contributed by atoms with Gasteiger partial charge in [-0.2, -0.15) is 0 Å². The predicted octanol–water partition coefficient (Wildman–Crippen LogP) is 5.97. The molecule has 0 heteroatoms. The Morgan fingerprint density at radius 1 is 0.636 bits per heavy atom. The number of hydrogen-bond acceptors (Lipinski definition) is 0. The van der Waals surface area contributed by atoms with Gasteiger partial charge in [0.2, 0.25) is 0 Å². The Labute approximate surface area is 133 Å². The van der Waals surface area contributed by atoms with Crippen molar-refractivity contribution in [2.24, 2.45) is 10.8 Å². The van der Waals surface area contributed by atoms with Crippen LogP contribution in [0.1, 0.15) is 37.8 Å². The molecule has 0 atom stereocenters. The summed E-state index contributed by atoms with van der Waals surface area (Å²) in [4.78, 5) is 0. The number of allylic oxidation sites excluding steroid dienone is 4. The van der Waals surface area contributed by atoms with Gasteiger partial charge in [-0.1, -0.05) is 86.7 Å². The van der Waals surface area contributed by atoms with Crippen LogP contribution in [0.2, 0.25) is 0 Å². The smallest absolute Gasteiger partial charge is 0.0105 e. The van der Waals surface area contributed by atoms with Gasteiger partial charge >= 0.3 is 0 Å². The van der Waals surface area contributed by atoms with Crippen molar-refractivity contribution in [3.05, 3.63) is 83.9 Å². The van der Waals surface area contributed by atoms with Crippen LogP contribution in [0.15, 0.2) is 72.8 Å². The first kappa shape index (κ1) is 13.6. The van der Waals surface area contributed by atoms with Crippen molar-refractivity contribution < 1.29 is 0 Å². The first-order valence-electron chi connectivity index (χ1n) is 8.14. The van der Waals surface area contributed by atoms with E-state index in [1.807, 2.05) is 0 Å². The molecule has 0 radical (unpaired) electrons. The third-order valence-electron chi connectivity index (χ3n) is 5.70. The lowest BCUT2D eigenvalue weighted by Gasteiger charge is -2.33. The van der Waals surface area contributed by atoms with Crippen molar-refractivity contribution in [2.75, 3.05) is 0 Å². The van der Waals surface area contributed by atoms with E-state index < -0.39 is 0 Å². The summed E-state index contributed by atoms with van der Waals surface area (Å²) >= 11 is 0. The summed E-state index contributed by atoms with van der Waals surface area (Å²) in [6.45, 7) is 4.85. The molecule has 2 aromatic rings. The first-order chi connectivity index (χ1) is 10.6. The number of rotatable bonds is 2. The summed E-state index contributed by atoms with van der Waals surface area (Å²) in [5, 5.41) is 0. The zero-order chi connectivity index (χ0) is 15.2. The molecule has 0 bridgehead atoms. The number of hydrogen-bond donors (Lipinski definition) is 0. The van der Waals surface area contributed by atoms with Gasteiger partial charge in [-0.3, -0.25) is 0 Å². The van der Waals surface area contributed by atoms with Crippen LogP contribution in [-0.4, -0.2) is 0 Å².